The molecule has 0 aliphatic carbocycles. The second-order valence-corrected chi connectivity index (χ2v) is 8.11. The fraction of sp³-hybridized carbons (Fsp3) is 0.375. The van der Waals surface area contributed by atoms with Gasteiger partial charge in [-0.3, -0.25) is 4.79 Å². The van der Waals surface area contributed by atoms with Gasteiger partial charge < -0.3 is 5.32 Å². The molecule has 23 heavy (non-hydrogen) atoms. The summed E-state index contributed by atoms with van der Waals surface area (Å²) in [6.45, 7) is 1.83. The van der Waals surface area contributed by atoms with E-state index in [0.717, 1.165) is 11.3 Å². The largest absolute Gasteiger partial charge is 0.311 e. The first kappa shape index (κ1) is 15.7. The summed E-state index contributed by atoms with van der Waals surface area (Å²) < 4.78 is 25.0. The molecule has 1 aliphatic heterocycles. The molecular formula is C16H19N3O3S. The van der Waals surface area contributed by atoms with E-state index in [1.165, 1.54) is 0 Å². The van der Waals surface area contributed by atoms with E-state index < -0.39 is 9.84 Å². The van der Waals surface area contributed by atoms with Crippen LogP contribution in [0.2, 0.25) is 0 Å². The first-order valence-electron chi connectivity index (χ1n) is 7.53. The van der Waals surface area contributed by atoms with Crippen molar-refractivity contribution in [2.24, 2.45) is 0 Å². The molecule has 1 atom stereocenters. The standard InChI is InChI=1S/C16H19N3O3S/c1-12-9-15(17-16(20)10-13-5-3-2-4-6-13)19(18-12)14-7-8-23(21,22)11-14/h2-6,9,14H,7-8,10-11H2,1H3,(H,17,20). The lowest BCUT2D eigenvalue weighted by atomic mass is 10.1. The summed E-state index contributed by atoms with van der Waals surface area (Å²) in [5.41, 5.74) is 1.68. The minimum absolute atomic E-state index is 0.0790. The van der Waals surface area contributed by atoms with Gasteiger partial charge in [0.05, 0.1) is 29.7 Å². The monoisotopic (exact) mass is 333 g/mol. The van der Waals surface area contributed by atoms with E-state index >= 15 is 0 Å². The highest BCUT2D eigenvalue weighted by molar-refractivity contribution is 7.91. The van der Waals surface area contributed by atoms with Gasteiger partial charge in [-0.15, -0.1) is 0 Å². The molecule has 3 rings (SSSR count). The molecule has 1 N–H and O–H groups in total. The Kier molecular flexibility index (Phi) is 4.21. The number of aryl methyl sites for hydroxylation is 1. The zero-order valence-corrected chi connectivity index (χ0v) is 13.7. The Labute approximate surface area is 135 Å². The van der Waals surface area contributed by atoms with E-state index in [2.05, 4.69) is 10.4 Å². The van der Waals surface area contributed by atoms with Gasteiger partial charge >= 0.3 is 0 Å². The summed E-state index contributed by atoms with van der Waals surface area (Å²) in [4.78, 5) is 12.2. The summed E-state index contributed by atoms with van der Waals surface area (Å²) in [5, 5.41) is 7.21. The molecule has 6 nitrogen and oxygen atoms in total. The summed E-state index contributed by atoms with van der Waals surface area (Å²) in [6, 6.07) is 11.0. The number of anilines is 1. The molecule has 1 unspecified atom stereocenters. The van der Waals surface area contributed by atoms with Crippen molar-refractivity contribution in [3.05, 3.63) is 47.7 Å². The summed E-state index contributed by atoms with van der Waals surface area (Å²) in [6.07, 6.45) is 0.805. The molecule has 2 aromatic rings. The molecule has 1 aromatic carbocycles. The summed E-state index contributed by atoms with van der Waals surface area (Å²) >= 11 is 0. The van der Waals surface area contributed by atoms with Gasteiger partial charge in [0.15, 0.2) is 9.84 Å². The number of carbonyl (C=O) groups excluding carboxylic acids is 1. The van der Waals surface area contributed by atoms with Crippen molar-refractivity contribution in [2.45, 2.75) is 25.8 Å². The zero-order chi connectivity index (χ0) is 16.4. The summed E-state index contributed by atoms with van der Waals surface area (Å²) in [5.74, 6) is 0.674. The third kappa shape index (κ3) is 3.79. The molecule has 1 aliphatic rings. The van der Waals surface area contributed by atoms with Gasteiger partial charge in [-0.25, -0.2) is 13.1 Å². The SMILES string of the molecule is Cc1cc(NC(=O)Cc2ccccc2)n(C2CCS(=O)(=O)C2)n1. The second kappa shape index (κ2) is 6.16. The number of amides is 1. The third-order valence-corrected chi connectivity index (χ3v) is 5.64. The fourth-order valence-corrected chi connectivity index (χ4v) is 4.52. The molecule has 1 fully saturated rings. The van der Waals surface area contributed by atoms with Crippen LogP contribution in [-0.2, 0) is 21.1 Å². The highest BCUT2D eigenvalue weighted by atomic mass is 32.2. The maximum Gasteiger partial charge on any atom is 0.229 e. The number of hydrogen-bond donors (Lipinski definition) is 1. The third-order valence-electron chi connectivity index (χ3n) is 3.89. The maximum absolute atomic E-state index is 12.2. The van der Waals surface area contributed by atoms with Crippen molar-refractivity contribution in [1.82, 2.24) is 9.78 Å². The molecule has 1 saturated heterocycles. The van der Waals surface area contributed by atoms with Crippen molar-refractivity contribution in [3.63, 3.8) is 0 Å². The molecular weight excluding hydrogens is 314 g/mol. The van der Waals surface area contributed by atoms with E-state index in [4.69, 9.17) is 0 Å². The number of aromatic nitrogens is 2. The van der Waals surface area contributed by atoms with E-state index in [-0.39, 0.29) is 29.9 Å². The summed E-state index contributed by atoms with van der Waals surface area (Å²) in [7, 11) is -3.00. The van der Waals surface area contributed by atoms with Crippen LogP contribution in [-0.4, -0.2) is 35.6 Å². The number of nitrogens with one attached hydrogen (secondary N) is 1. The minimum Gasteiger partial charge on any atom is -0.311 e. The van der Waals surface area contributed by atoms with Crippen LogP contribution < -0.4 is 5.32 Å². The van der Waals surface area contributed by atoms with Crippen molar-refractivity contribution in [2.75, 3.05) is 16.8 Å². The fourth-order valence-electron chi connectivity index (χ4n) is 2.82. The van der Waals surface area contributed by atoms with Gasteiger partial charge in [0.25, 0.3) is 0 Å². The molecule has 2 heterocycles. The molecule has 122 valence electrons. The Balaban J connectivity index is 1.74. The smallest absolute Gasteiger partial charge is 0.229 e. The Morgan fingerprint density at radius 2 is 2.09 bits per heavy atom. The predicted molar refractivity (Wildman–Crippen MR) is 88.0 cm³/mol. The molecule has 0 radical (unpaired) electrons. The molecule has 0 bridgehead atoms. The Morgan fingerprint density at radius 1 is 1.35 bits per heavy atom. The van der Waals surface area contributed by atoms with Gasteiger partial charge in [0, 0.05) is 6.07 Å². The van der Waals surface area contributed by atoms with Crippen LogP contribution in [0.4, 0.5) is 5.82 Å². The number of sulfone groups is 1. The van der Waals surface area contributed by atoms with Gasteiger partial charge in [-0.1, -0.05) is 30.3 Å². The number of carbonyl (C=O) groups is 1. The van der Waals surface area contributed by atoms with Crippen LogP contribution >= 0.6 is 0 Å². The number of rotatable bonds is 4. The second-order valence-electron chi connectivity index (χ2n) is 5.88. The average Bonchev–Trinajstić information content (AvgIpc) is 3.02. The normalized spacial score (nSPS) is 19.6. The molecule has 0 saturated carbocycles. The van der Waals surface area contributed by atoms with Gasteiger partial charge in [0.2, 0.25) is 5.91 Å². The van der Waals surface area contributed by atoms with Gasteiger partial charge in [-0.2, -0.15) is 5.10 Å². The lowest BCUT2D eigenvalue weighted by Crippen LogP contribution is -2.20. The van der Waals surface area contributed by atoms with Gasteiger partial charge in [0.1, 0.15) is 5.82 Å². The number of benzene rings is 1. The Hall–Kier alpha value is -2.15. The van der Waals surface area contributed by atoms with E-state index in [0.29, 0.717) is 12.2 Å². The molecule has 0 spiro atoms. The average molecular weight is 333 g/mol. The van der Waals surface area contributed by atoms with Crippen LogP contribution in [0.3, 0.4) is 0 Å². The van der Waals surface area contributed by atoms with E-state index in [1.807, 2.05) is 37.3 Å². The highest BCUT2D eigenvalue weighted by Crippen LogP contribution is 2.27. The first-order chi connectivity index (χ1) is 10.9. The van der Waals surface area contributed by atoms with Crippen LogP contribution in [0.5, 0.6) is 0 Å². The molecule has 7 heteroatoms. The molecule has 1 amide bonds. The van der Waals surface area contributed by atoms with Gasteiger partial charge in [-0.05, 0) is 18.9 Å². The zero-order valence-electron chi connectivity index (χ0n) is 12.9. The Morgan fingerprint density at radius 3 is 2.74 bits per heavy atom. The minimum atomic E-state index is -3.00. The maximum atomic E-state index is 12.2. The van der Waals surface area contributed by atoms with Crippen molar-refractivity contribution >= 4 is 21.6 Å². The highest BCUT2D eigenvalue weighted by Gasteiger charge is 2.31. The van der Waals surface area contributed by atoms with Crippen molar-refractivity contribution in [3.8, 4) is 0 Å². The van der Waals surface area contributed by atoms with Crippen molar-refractivity contribution in [1.29, 1.82) is 0 Å². The Bertz CT molecular complexity index is 812. The number of hydrogen-bond acceptors (Lipinski definition) is 4. The van der Waals surface area contributed by atoms with Crippen molar-refractivity contribution < 1.29 is 13.2 Å². The molecule has 1 aromatic heterocycles. The van der Waals surface area contributed by atoms with Crippen LogP contribution in [0, 0.1) is 6.92 Å². The predicted octanol–water partition coefficient (Wildman–Crippen LogP) is 1.73. The lowest BCUT2D eigenvalue weighted by molar-refractivity contribution is -0.115. The van der Waals surface area contributed by atoms with Crippen LogP contribution in [0.25, 0.3) is 0 Å². The van der Waals surface area contributed by atoms with E-state index in [1.54, 1.807) is 10.7 Å². The topological polar surface area (TPSA) is 81.1 Å². The van der Waals surface area contributed by atoms with Crippen LogP contribution in [0.15, 0.2) is 36.4 Å². The number of nitrogens with zero attached hydrogens (tertiary/aromatic N) is 2. The van der Waals surface area contributed by atoms with E-state index in [9.17, 15) is 13.2 Å². The lowest BCUT2D eigenvalue weighted by Gasteiger charge is -2.13. The quantitative estimate of drug-likeness (QED) is 0.924. The first-order valence-corrected chi connectivity index (χ1v) is 9.35. The van der Waals surface area contributed by atoms with Crippen LogP contribution in [0.1, 0.15) is 23.7 Å².